The van der Waals surface area contributed by atoms with Crippen molar-refractivity contribution in [1.29, 1.82) is 0 Å². The Morgan fingerprint density at radius 2 is 2.33 bits per heavy atom. The fourth-order valence-electron chi connectivity index (χ4n) is 1.08. The first-order chi connectivity index (χ1) is 5.95. The fourth-order valence-corrected chi connectivity index (χ4v) is 1.08. The molecule has 3 rings (SSSR count). The maximum atomic E-state index is 4.01. The molecule has 0 aliphatic rings. The van der Waals surface area contributed by atoms with Gasteiger partial charge in [-0.3, -0.25) is 0 Å². The molecule has 1 N–H and O–H groups in total. The molecule has 0 spiro atoms. The Hall–Kier alpha value is -2.05. The summed E-state index contributed by atoms with van der Waals surface area (Å²) in [6.07, 6.45) is 3.12. The summed E-state index contributed by atoms with van der Waals surface area (Å²) in [4.78, 5) is 0. The number of aromatic nitrogens is 7. The van der Waals surface area contributed by atoms with E-state index in [1.165, 1.54) is 6.33 Å². The van der Waals surface area contributed by atoms with Gasteiger partial charge in [0.05, 0.1) is 6.20 Å². The Labute approximate surface area is 65.4 Å². The molecule has 12 heavy (non-hydrogen) atoms. The van der Waals surface area contributed by atoms with Crippen molar-refractivity contribution in [3.63, 3.8) is 0 Å². The smallest absolute Gasteiger partial charge is 0.198 e. The molecule has 0 bridgehead atoms. The van der Waals surface area contributed by atoms with E-state index in [1.54, 1.807) is 10.7 Å². The van der Waals surface area contributed by atoms with E-state index < -0.39 is 0 Å². The molecule has 3 aromatic heterocycles. The first-order valence-electron chi connectivity index (χ1n) is 3.30. The van der Waals surface area contributed by atoms with Crippen LogP contribution < -0.4 is 0 Å². The third-order valence-corrected chi connectivity index (χ3v) is 1.62. The third kappa shape index (κ3) is 0.529. The second kappa shape index (κ2) is 1.76. The molecule has 0 unspecified atom stereocenters. The average molecular weight is 161 g/mol. The molecule has 58 valence electrons. The molecule has 0 aromatic carbocycles. The maximum absolute atomic E-state index is 4.01. The molecule has 7 nitrogen and oxygen atoms in total. The van der Waals surface area contributed by atoms with Crippen LogP contribution in [0.1, 0.15) is 0 Å². The lowest BCUT2D eigenvalue weighted by molar-refractivity contribution is 0.933. The standard InChI is InChI=1S/C5H3N7/c1-3-4(9-11-8-3)5-10-6-2-12(5)7-1/h1-2H,(H,8,9,11). The Morgan fingerprint density at radius 1 is 1.33 bits per heavy atom. The molecule has 0 saturated carbocycles. The molecule has 3 aromatic rings. The van der Waals surface area contributed by atoms with Gasteiger partial charge in [-0.2, -0.15) is 25.0 Å². The molecule has 0 atom stereocenters. The number of fused-ring (bicyclic) bond motifs is 3. The average Bonchev–Trinajstić information content (AvgIpc) is 2.71. The summed E-state index contributed by atoms with van der Waals surface area (Å²) in [6, 6.07) is 0. The van der Waals surface area contributed by atoms with Gasteiger partial charge in [0.1, 0.15) is 11.8 Å². The highest BCUT2D eigenvalue weighted by Crippen LogP contribution is 2.09. The van der Waals surface area contributed by atoms with E-state index in [-0.39, 0.29) is 0 Å². The molecule has 0 aliphatic carbocycles. The molecule has 0 fully saturated rings. The number of aromatic amines is 1. The summed E-state index contributed by atoms with van der Waals surface area (Å²) < 4.78 is 1.55. The minimum Gasteiger partial charge on any atom is -0.198 e. The Kier molecular flexibility index (Phi) is 0.817. The number of H-pyrrole nitrogens is 1. The van der Waals surface area contributed by atoms with Crippen LogP contribution in [0.15, 0.2) is 12.5 Å². The highest BCUT2D eigenvalue weighted by molar-refractivity contribution is 5.85. The van der Waals surface area contributed by atoms with E-state index >= 15 is 0 Å². The van der Waals surface area contributed by atoms with Crippen molar-refractivity contribution in [3.8, 4) is 0 Å². The Morgan fingerprint density at radius 3 is 3.33 bits per heavy atom. The second-order valence-electron chi connectivity index (χ2n) is 2.30. The highest BCUT2D eigenvalue weighted by atomic mass is 15.4. The van der Waals surface area contributed by atoms with Gasteiger partial charge in [-0.05, 0) is 0 Å². The number of nitrogens with one attached hydrogen (secondary N) is 1. The summed E-state index contributed by atoms with van der Waals surface area (Å²) in [7, 11) is 0. The van der Waals surface area contributed by atoms with Gasteiger partial charge in [0.2, 0.25) is 5.65 Å². The molecular weight excluding hydrogens is 158 g/mol. The summed E-state index contributed by atoms with van der Waals surface area (Å²) in [6.45, 7) is 0. The lowest BCUT2D eigenvalue weighted by Gasteiger charge is -1.87. The van der Waals surface area contributed by atoms with Crippen LogP contribution in [-0.4, -0.2) is 35.2 Å². The van der Waals surface area contributed by atoms with Crippen LogP contribution in [0.3, 0.4) is 0 Å². The zero-order valence-electron chi connectivity index (χ0n) is 5.84. The van der Waals surface area contributed by atoms with E-state index in [1.807, 2.05) is 0 Å². The lowest BCUT2D eigenvalue weighted by Crippen LogP contribution is -1.89. The van der Waals surface area contributed by atoms with Crippen LogP contribution in [0.4, 0.5) is 0 Å². The zero-order chi connectivity index (χ0) is 7.97. The van der Waals surface area contributed by atoms with Gasteiger partial charge in [0, 0.05) is 0 Å². The Bertz CT molecular complexity index is 485. The van der Waals surface area contributed by atoms with Crippen molar-refractivity contribution >= 4 is 16.7 Å². The van der Waals surface area contributed by atoms with E-state index in [9.17, 15) is 0 Å². The minimum absolute atomic E-state index is 0.612. The van der Waals surface area contributed by atoms with Gasteiger partial charge in [0.25, 0.3) is 0 Å². The van der Waals surface area contributed by atoms with Gasteiger partial charge in [-0.25, -0.2) is 0 Å². The fraction of sp³-hybridized carbons (Fsp3) is 0. The molecular formula is C5H3N7. The van der Waals surface area contributed by atoms with Crippen LogP contribution >= 0.6 is 0 Å². The van der Waals surface area contributed by atoms with Gasteiger partial charge in [-0.1, -0.05) is 0 Å². The van der Waals surface area contributed by atoms with Crippen LogP contribution in [0.2, 0.25) is 0 Å². The monoisotopic (exact) mass is 161 g/mol. The maximum Gasteiger partial charge on any atom is 0.207 e. The second-order valence-corrected chi connectivity index (χ2v) is 2.30. The van der Waals surface area contributed by atoms with Crippen molar-refractivity contribution in [3.05, 3.63) is 12.5 Å². The van der Waals surface area contributed by atoms with Gasteiger partial charge in [0.15, 0.2) is 5.52 Å². The van der Waals surface area contributed by atoms with E-state index in [0.717, 1.165) is 0 Å². The largest absolute Gasteiger partial charge is 0.207 e. The summed E-state index contributed by atoms with van der Waals surface area (Å²) in [5.74, 6) is 0. The van der Waals surface area contributed by atoms with Crippen molar-refractivity contribution < 1.29 is 0 Å². The quantitative estimate of drug-likeness (QED) is 0.475. The molecule has 0 radical (unpaired) electrons. The van der Waals surface area contributed by atoms with Crippen LogP contribution in [0, 0.1) is 0 Å². The molecule has 7 heteroatoms. The summed E-state index contributed by atoms with van der Waals surface area (Å²) in [5.41, 5.74) is 1.99. The van der Waals surface area contributed by atoms with Crippen LogP contribution in [-0.2, 0) is 0 Å². The first-order valence-corrected chi connectivity index (χ1v) is 3.30. The first kappa shape index (κ1) is 5.58. The predicted molar refractivity (Wildman–Crippen MR) is 38.2 cm³/mol. The molecule has 3 heterocycles. The summed E-state index contributed by atoms with van der Waals surface area (Å²) in [5, 5.41) is 21.8. The van der Waals surface area contributed by atoms with Crippen LogP contribution in [0.5, 0.6) is 0 Å². The third-order valence-electron chi connectivity index (χ3n) is 1.62. The lowest BCUT2D eigenvalue weighted by atomic mass is 10.4. The Balaban J connectivity index is 2.71. The highest BCUT2D eigenvalue weighted by Gasteiger charge is 2.05. The normalized spacial score (nSPS) is 11.3. The number of hydrogen-bond acceptors (Lipinski definition) is 5. The molecule has 0 aliphatic heterocycles. The number of rotatable bonds is 0. The van der Waals surface area contributed by atoms with Crippen molar-refractivity contribution in [2.75, 3.05) is 0 Å². The van der Waals surface area contributed by atoms with E-state index in [0.29, 0.717) is 16.7 Å². The van der Waals surface area contributed by atoms with Crippen molar-refractivity contribution in [2.24, 2.45) is 0 Å². The number of nitrogens with zero attached hydrogens (tertiary/aromatic N) is 6. The topological polar surface area (TPSA) is 84.6 Å². The van der Waals surface area contributed by atoms with Crippen LogP contribution in [0.25, 0.3) is 16.7 Å². The minimum atomic E-state index is 0.612. The molecule has 0 amide bonds. The van der Waals surface area contributed by atoms with Crippen molar-refractivity contribution in [1.82, 2.24) is 35.2 Å². The van der Waals surface area contributed by atoms with Gasteiger partial charge in [-0.15, -0.1) is 10.2 Å². The van der Waals surface area contributed by atoms with Crippen molar-refractivity contribution in [2.45, 2.75) is 0 Å². The zero-order valence-corrected chi connectivity index (χ0v) is 5.84. The van der Waals surface area contributed by atoms with E-state index in [2.05, 4.69) is 30.7 Å². The van der Waals surface area contributed by atoms with Gasteiger partial charge >= 0.3 is 0 Å². The SMILES string of the molecule is c1nn2cnnc2c2n[nH]nc12. The summed E-state index contributed by atoms with van der Waals surface area (Å²) >= 11 is 0. The predicted octanol–water partition coefficient (Wildman–Crippen LogP) is -0.604. The van der Waals surface area contributed by atoms with E-state index in [4.69, 9.17) is 0 Å². The number of hydrogen-bond donors (Lipinski definition) is 1. The molecule has 0 saturated heterocycles. The van der Waals surface area contributed by atoms with Gasteiger partial charge < -0.3 is 0 Å².